The van der Waals surface area contributed by atoms with Crippen molar-refractivity contribution in [1.82, 2.24) is 0 Å². The molecule has 0 fully saturated rings. The molecule has 0 aliphatic carbocycles. The zero-order chi connectivity index (χ0) is 13.1. The van der Waals surface area contributed by atoms with E-state index in [1.807, 2.05) is 0 Å². The van der Waals surface area contributed by atoms with Crippen LogP contribution in [0.2, 0.25) is 0 Å². The Morgan fingerprint density at radius 1 is 1.22 bits per heavy atom. The summed E-state index contributed by atoms with van der Waals surface area (Å²) in [5, 5.41) is 11.8. The summed E-state index contributed by atoms with van der Waals surface area (Å²) in [6.45, 7) is 0. The molecule has 0 atom stereocenters. The highest BCUT2D eigenvalue weighted by molar-refractivity contribution is 9.10. The van der Waals surface area contributed by atoms with Gasteiger partial charge in [0.1, 0.15) is 11.6 Å². The van der Waals surface area contributed by atoms with E-state index < -0.39 is 11.7 Å². The minimum atomic E-state index is -0.487. The van der Waals surface area contributed by atoms with Gasteiger partial charge in [-0.1, -0.05) is 6.07 Å². The van der Waals surface area contributed by atoms with Crippen LogP contribution in [0, 0.1) is 5.82 Å². The summed E-state index contributed by atoms with van der Waals surface area (Å²) in [7, 11) is 0. The monoisotopic (exact) mass is 309 g/mol. The Morgan fingerprint density at radius 2 is 2.00 bits per heavy atom. The Hall–Kier alpha value is -1.88. The fourth-order valence-corrected chi connectivity index (χ4v) is 1.88. The predicted molar refractivity (Wildman–Crippen MR) is 70.2 cm³/mol. The van der Waals surface area contributed by atoms with Crippen molar-refractivity contribution >= 4 is 27.5 Å². The number of hydrogen-bond acceptors (Lipinski definition) is 2. The third kappa shape index (κ3) is 2.87. The van der Waals surface area contributed by atoms with E-state index >= 15 is 0 Å². The number of phenols is 1. The minimum Gasteiger partial charge on any atom is -0.508 e. The Labute approximate surface area is 111 Å². The maximum absolute atomic E-state index is 13.1. The average molecular weight is 310 g/mol. The molecule has 0 saturated heterocycles. The van der Waals surface area contributed by atoms with Crippen LogP contribution in [0.25, 0.3) is 0 Å². The van der Waals surface area contributed by atoms with Crippen LogP contribution in [-0.2, 0) is 0 Å². The molecule has 2 rings (SSSR count). The molecule has 2 aromatic rings. The molecule has 0 aliphatic rings. The number of hydrogen-bond donors (Lipinski definition) is 2. The highest BCUT2D eigenvalue weighted by Gasteiger charge is 2.11. The number of carbonyl (C=O) groups is 1. The molecule has 2 aromatic carbocycles. The van der Waals surface area contributed by atoms with Gasteiger partial charge in [-0.15, -0.1) is 0 Å². The predicted octanol–water partition coefficient (Wildman–Crippen LogP) is 3.55. The maximum atomic E-state index is 13.1. The van der Waals surface area contributed by atoms with Gasteiger partial charge in [0, 0.05) is 16.2 Å². The summed E-state index contributed by atoms with van der Waals surface area (Å²) in [5.74, 6) is -0.891. The third-order valence-corrected chi connectivity index (χ3v) is 2.97. The molecule has 18 heavy (non-hydrogen) atoms. The number of halogens is 2. The number of carbonyl (C=O) groups excluding carboxylic acids is 1. The van der Waals surface area contributed by atoms with Gasteiger partial charge in [0.25, 0.3) is 5.91 Å². The van der Waals surface area contributed by atoms with Crippen LogP contribution in [0.1, 0.15) is 10.4 Å². The van der Waals surface area contributed by atoms with Crippen molar-refractivity contribution in [2.45, 2.75) is 0 Å². The summed E-state index contributed by atoms with van der Waals surface area (Å²) in [6, 6.07) is 10.00. The van der Waals surface area contributed by atoms with Crippen LogP contribution in [-0.4, -0.2) is 11.0 Å². The van der Waals surface area contributed by atoms with Gasteiger partial charge in [-0.05, 0) is 46.3 Å². The molecule has 2 N–H and O–H groups in total. The molecule has 0 spiro atoms. The van der Waals surface area contributed by atoms with Crippen molar-refractivity contribution in [1.29, 1.82) is 0 Å². The smallest absolute Gasteiger partial charge is 0.256 e. The minimum absolute atomic E-state index is 0.0473. The molecule has 0 unspecified atom stereocenters. The molecule has 0 aliphatic heterocycles. The van der Waals surface area contributed by atoms with Crippen LogP contribution in [0.4, 0.5) is 10.1 Å². The summed E-state index contributed by atoms with van der Waals surface area (Å²) in [5.41, 5.74) is 0.634. The van der Waals surface area contributed by atoms with Gasteiger partial charge in [0.05, 0.1) is 5.56 Å². The topological polar surface area (TPSA) is 49.3 Å². The second-order valence-electron chi connectivity index (χ2n) is 3.63. The van der Waals surface area contributed by atoms with Gasteiger partial charge >= 0.3 is 0 Å². The summed E-state index contributed by atoms with van der Waals surface area (Å²) in [6.07, 6.45) is 0. The van der Waals surface area contributed by atoms with Gasteiger partial charge in [0.2, 0.25) is 0 Å². The van der Waals surface area contributed by atoms with Gasteiger partial charge in [0.15, 0.2) is 0 Å². The normalized spacial score (nSPS) is 10.1. The van der Waals surface area contributed by atoms with Crippen LogP contribution in [0.5, 0.6) is 5.75 Å². The number of anilines is 1. The lowest BCUT2D eigenvalue weighted by Crippen LogP contribution is -2.12. The van der Waals surface area contributed by atoms with E-state index in [1.54, 1.807) is 12.1 Å². The van der Waals surface area contributed by atoms with E-state index in [0.29, 0.717) is 10.2 Å². The van der Waals surface area contributed by atoms with Gasteiger partial charge in [-0.2, -0.15) is 0 Å². The van der Waals surface area contributed by atoms with Crippen molar-refractivity contribution in [3.8, 4) is 5.75 Å². The molecule has 1 amide bonds. The van der Waals surface area contributed by atoms with E-state index in [4.69, 9.17) is 0 Å². The third-order valence-electron chi connectivity index (χ3n) is 2.28. The quantitative estimate of drug-likeness (QED) is 0.891. The summed E-state index contributed by atoms with van der Waals surface area (Å²) >= 11 is 3.18. The Balaban J connectivity index is 2.24. The largest absolute Gasteiger partial charge is 0.508 e. The van der Waals surface area contributed by atoms with E-state index in [-0.39, 0.29) is 11.3 Å². The first-order valence-corrected chi connectivity index (χ1v) is 5.91. The molecule has 92 valence electrons. The second kappa shape index (κ2) is 5.18. The van der Waals surface area contributed by atoms with Crippen molar-refractivity contribution in [2.24, 2.45) is 0 Å². The molecular formula is C13H9BrFNO2. The number of benzene rings is 2. The number of rotatable bonds is 2. The molecule has 0 saturated carbocycles. The fourth-order valence-electron chi connectivity index (χ4n) is 1.45. The van der Waals surface area contributed by atoms with Gasteiger partial charge < -0.3 is 10.4 Å². The molecule has 0 heterocycles. The van der Waals surface area contributed by atoms with E-state index in [1.165, 1.54) is 24.3 Å². The molecule has 5 heteroatoms. The number of aromatic hydroxyl groups is 1. The summed E-state index contributed by atoms with van der Waals surface area (Å²) < 4.78 is 13.6. The first-order valence-electron chi connectivity index (χ1n) is 5.12. The zero-order valence-electron chi connectivity index (χ0n) is 9.15. The lowest BCUT2D eigenvalue weighted by Gasteiger charge is -2.07. The lowest BCUT2D eigenvalue weighted by molar-refractivity contribution is 0.102. The highest BCUT2D eigenvalue weighted by Crippen LogP contribution is 2.21. The maximum Gasteiger partial charge on any atom is 0.256 e. The SMILES string of the molecule is O=C(Nc1cccc(O)c1)c1cc(F)ccc1Br. The van der Waals surface area contributed by atoms with E-state index in [0.717, 1.165) is 6.07 Å². The van der Waals surface area contributed by atoms with Crippen LogP contribution in [0.15, 0.2) is 46.9 Å². The van der Waals surface area contributed by atoms with Gasteiger partial charge in [-0.25, -0.2) is 4.39 Å². The first-order chi connectivity index (χ1) is 8.56. The van der Waals surface area contributed by atoms with Crippen LogP contribution in [0.3, 0.4) is 0 Å². The molecule has 0 bridgehead atoms. The van der Waals surface area contributed by atoms with Gasteiger partial charge in [-0.3, -0.25) is 4.79 Å². The molecule has 0 radical (unpaired) electrons. The zero-order valence-corrected chi connectivity index (χ0v) is 10.7. The molecular weight excluding hydrogens is 301 g/mol. The van der Waals surface area contributed by atoms with Crippen LogP contribution >= 0.6 is 15.9 Å². The van der Waals surface area contributed by atoms with Crippen LogP contribution < -0.4 is 5.32 Å². The van der Waals surface area contributed by atoms with Crippen molar-refractivity contribution in [2.75, 3.05) is 5.32 Å². The van der Waals surface area contributed by atoms with Crippen molar-refractivity contribution < 1.29 is 14.3 Å². The molecule has 3 nitrogen and oxygen atoms in total. The fraction of sp³-hybridized carbons (Fsp3) is 0. The van der Waals surface area contributed by atoms with E-state index in [9.17, 15) is 14.3 Å². The molecule has 0 aromatic heterocycles. The van der Waals surface area contributed by atoms with Crippen molar-refractivity contribution in [3.63, 3.8) is 0 Å². The number of nitrogens with one attached hydrogen (secondary N) is 1. The highest BCUT2D eigenvalue weighted by atomic mass is 79.9. The van der Waals surface area contributed by atoms with E-state index in [2.05, 4.69) is 21.2 Å². The van der Waals surface area contributed by atoms with Crippen molar-refractivity contribution in [3.05, 3.63) is 58.3 Å². The lowest BCUT2D eigenvalue weighted by atomic mass is 10.2. The number of amides is 1. The standard InChI is InChI=1S/C13H9BrFNO2/c14-12-5-4-8(15)6-11(12)13(18)16-9-2-1-3-10(17)7-9/h1-7,17H,(H,16,18). The Morgan fingerprint density at radius 3 is 2.72 bits per heavy atom. The summed E-state index contributed by atoms with van der Waals surface area (Å²) in [4.78, 5) is 11.9. The Bertz CT molecular complexity index is 601. The number of phenolic OH excluding ortho intramolecular Hbond substituents is 1. The average Bonchev–Trinajstić information content (AvgIpc) is 2.32. The first kappa shape index (κ1) is 12.6. The second-order valence-corrected chi connectivity index (χ2v) is 4.48. The Kier molecular flexibility index (Phi) is 3.62.